The van der Waals surface area contributed by atoms with Crippen molar-refractivity contribution in [3.8, 4) is 5.75 Å². The van der Waals surface area contributed by atoms with Gasteiger partial charge in [-0.2, -0.15) is 0 Å². The van der Waals surface area contributed by atoms with Crippen LogP contribution in [0.15, 0.2) is 18.2 Å². The first-order valence-corrected chi connectivity index (χ1v) is 14.3. The van der Waals surface area contributed by atoms with Crippen molar-refractivity contribution >= 4 is 11.6 Å². The number of piperidine rings is 2. The maximum atomic E-state index is 12.4. The van der Waals surface area contributed by atoms with Gasteiger partial charge in [-0.15, -0.1) is 0 Å². The number of amides is 1. The summed E-state index contributed by atoms with van der Waals surface area (Å²) in [5.41, 5.74) is 1.74. The van der Waals surface area contributed by atoms with Gasteiger partial charge in [0, 0.05) is 38.3 Å². The quantitative estimate of drug-likeness (QED) is 0.354. The Morgan fingerprint density at radius 3 is 2.81 bits per heavy atom. The number of anilines is 1. The molecule has 2 atom stereocenters. The van der Waals surface area contributed by atoms with Gasteiger partial charge in [0.15, 0.2) is 0 Å². The van der Waals surface area contributed by atoms with Crippen LogP contribution in [0, 0.1) is 11.3 Å². The molecule has 3 heterocycles. The second kappa shape index (κ2) is 15.5. The molecule has 1 amide bonds. The number of benzene rings is 1. The van der Waals surface area contributed by atoms with Crippen LogP contribution >= 0.6 is 0 Å². The third-order valence-corrected chi connectivity index (χ3v) is 7.68. The summed E-state index contributed by atoms with van der Waals surface area (Å²) >= 11 is 0. The number of nitrogens with zero attached hydrogens (tertiary/aromatic N) is 1. The van der Waals surface area contributed by atoms with Crippen molar-refractivity contribution in [2.75, 3.05) is 64.5 Å². The lowest BCUT2D eigenvalue weighted by Gasteiger charge is -2.32. The molecular weight excluding hydrogens is 468 g/mol. The fraction of sp³-hybridized carbons (Fsp3) is 0.759. The molecule has 1 aromatic rings. The summed E-state index contributed by atoms with van der Waals surface area (Å²) in [5, 5.41) is 19.3. The standard InChI is InChI=1S/C16H31N3O.C13H19NO3/c1-16(2,10-14-7-3-4-9-18-14)15(20)19-12-13-6-5-8-17-11-13;1-16-7-2-5-14-6-8-17-13-4-3-11(10-15)9-12(13)14/h13-14,17-18H,3-12H2,1-2H3,(H,19,20);3-4,9,15H,2,5-8,10H2,1H3/t13-,14-;/m0./s1. The van der Waals surface area contributed by atoms with Crippen LogP contribution in [0.2, 0.25) is 0 Å². The Kier molecular flexibility index (Phi) is 12.5. The topological polar surface area (TPSA) is 95.1 Å². The number of methoxy groups -OCH3 is 1. The molecule has 3 aliphatic heterocycles. The van der Waals surface area contributed by atoms with Crippen molar-refractivity contribution in [1.29, 1.82) is 0 Å². The van der Waals surface area contributed by atoms with E-state index < -0.39 is 0 Å². The zero-order valence-electron chi connectivity index (χ0n) is 23.3. The fourth-order valence-electron chi connectivity index (χ4n) is 5.43. The van der Waals surface area contributed by atoms with Gasteiger partial charge >= 0.3 is 0 Å². The first-order valence-electron chi connectivity index (χ1n) is 14.3. The SMILES string of the molecule is CC(C)(C[C@@H]1CCCCN1)C(=O)NC[C@H]1CCCNC1.COCCCN1CCOc2ccc(CO)cc21. The summed E-state index contributed by atoms with van der Waals surface area (Å²) < 4.78 is 10.7. The molecule has 1 aromatic carbocycles. The molecule has 8 heteroatoms. The number of nitrogens with one attached hydrogen (secondary N) is 3. The summed E-state index contributed by atoms with van der Waals surface area (Å²) in [6.07, 6.45) is 8.19. The highest BCUT2D eigenvalue weighted by Gasteiger charge is 2.31. The van der Waals surface area contributed by atoms with Crippen LogP contribution in [-0.4, -0.2) is 76.6 Å². The average molecular weight is 519 g/mol. The van der Waals surface area contributed by atoms with Gasteiger partial charge in [-0.05, 0) is 81.8 Å². The zero-order chi connectivity index (χ0) is 26.5. The van der Waals surface area contributed by atoms with Crippen LogP contribution < -0.4 is 25.6 Å². The van der Waals surface area contributed by atoms with E-state index in [4.69, 9.17) is 14.6 Å². The highest BCUT2D eigenvalue weighted by atomic mass is 16.5. The van der Waals surface area contributed by atoms with Gasteiger partial charge in [-0.1, -0.05) is 26.3 Å². The minimum Gasteiger partial charge on any atom is -0.490 e. The minimum absolute atomic E-state index is 0.0686. The number of carbonyl (C=O) groups is 1. The first-order chi connectivity index (χ1) is 17.9. The van der Waals surface area contributed by atoms with Crippen LogP contribution in [0.4, 0.5) is 5.69 Å². The molecule has 0 bridgehead atoms. The summed E-state index contributed by atoms with van der Waals surface area (Å²) in [6, 6.07) is 6.35. The van der Waals surface area contributed by atoms with E-state index in [1.54, 1.807) is 7.11 Å². The normalized spacial score (nSPS) is 21.8. The third kappa shape index (κ3) is 9.74. The number of carbonyl (C=O) groups excluding carboxylic acids is 1. The smallest absolute Gasteiger partial charge is 0.225 e. The van der Waals surface area contributed by atoms with Gasteiger partial charge in [0.25, 0.3) is 0 Å². The molecular formula is C29H50N4O4. The molecule has 3 aliphatic rings. The van der Waals surface area contributed by atoms with E-state index in [1.807, 2.05) is 18.2 Å². The third-order valence-electron chi connectivity index (χ3n) is 7.68. The lowest BCUT2D eigenvalue weighted by Crippen LogP contribution is -2.46. The van der Waals surface area contributed by atoms with E-state index in [1.165, 1.54) is 32.1 Å². The van der Waals surface area contributed by atoms with Crippen LogP contribution in [0.1, 0.15) is 64.4 Å². The molecule has 2 fully saturated rings. The average Bonchev–Trinajstić information content (AvgIpc) is 2.93. The molecule has 0 unspecified atom stereocenters. The lowest BCUT2D eigenvalue weighted by molar-refractivity contribution is -0.130. The number of fused-ring (bicyclic) bond motifs is 1. The summed E-state index contributed by atoms with van der Waals surface area (Å²) in [7, 11) is 1.72. The highest BCUT2D eigenvalue weighted by molar-refractivity contribution is 5.81. The highest BCUT2D eigenvalue weighted by Crippen LogP contribution is 2.32. The number of rotatable bonds is 10. The minimum atomic E-state index is -0.267. The fourth-order valence-corrected chi connectivity index (χ4v) is 5.43. The second-order valence-corrected chi connectivity index (χ2v) is 11.3. The molecule has 2 saturated heterocycles. The van der Waals surface area contributed by atoms with E-state index in [0.29, 0.717) is 12.0 Å². The molecule has 210 valence electrons. The zero-order valence-corrected chi connectivity index (χ0v) is 23.3. The van der Waals surface area contributed by atoms with E-state index in [2.05, 4.69) is 34.7 Å². The largest absolute Gasteiger partial charge is 0.490 e. The molecule has 4 N–H and O–H groups in total. The first kappa shape index (κ1) is 29.7. The Balaban J connectivity index is 0.000000208. The Labute approximate surface area is 223 Å². The van der Waals surface area contributed by atoms with Crippen LogP contribution in [-0.2, 0) is 16.1 Å². The van der Waals surface area contributed by atoms with Crippen LogP contribution in [0.25, 0.3) is 0 Å². The van der Waals surface area contributed by atoms with E-state index in [9.17, 15) is 4.79 Å². The second-order valence-electron chi connectivity index (χ2n) is 11.3. The van der Waals surface area contributed by atoms with Crippen LogP contribution in [0.3, 0.4) is 0 Å². The number of hydrogen-bond acceptors (Lipinski definition) is 7. The summed E-state index contributed by atoms with van der Waals surface area (Å²) in [5.74, 6) is 1.73. The molecule has 0 saturated carbocycles. The predicted octanol–water partition coefficient (Wildman–Crippen LogP) is 3.07. The number of aliphatic hydroxyl groups excluding tert-OH is 1. The molecule has 37 heavy (non-hydrogen) atoms. The van der Waals surface area contributed by atoms with Crippen molar-refractivity contribution in [1.82, 2.24) is 16.0 Å². The summed E-state index contributed by atoms with van der Waals surface area (Å²) in [6.45, 7) is 11.7. The van der Waals surface area contributed by atoms with Gasteiger partial charge in [0.1, 0.15) is 12.4 Å². The Hall–Kier alpha value is -1.87. The van der Waals surface area contributed by atoms with Gasteiger partial charge in [-0.25, -0.2) is 0 Å². The predicted molar refractivity (Wildman–Crippen MR) is 149 cm³/mol. The number of aliphatic hydroxyl groups is 1. The monoisotopic (exact) mass is 518 g/mol. The van der Waals surface area contributed by atoms with Crippen LogP contribution in [0.5, 0.6) is 5.75 Å². The van der Waals surface area contributed by atoms with E-state index in [-0.39, 0.29) is 17.9 Å². The maximum absolute atomic E-state index is 12.4. The molecule has 0 spiro atoms. The van der Waals surface area contributed by atoms with Gasteiger partial charge in [0.05, 0.1) is 18.8 Å². The lowest BCUT2D eigenvalue weighted by atomic mass is 9.82. The molecule has 8 nitrogen and oxygen atoms in total. The Bertz CT molecular complexity index is 807. The Morgan fingerprint density at radius 2 is 2.11 bits per heavy atom. The van der Waals surface area contributed by atoms with Gasteiger partial charge in [0.2, 0.25) is 5.91 Å². The van der Waals surface area contributed by atoms with Gasteiger partial charge < -0.3 is 35.4 Å². The molecule has 0 aliphatic carbocycles. The van der Waals surface area contributed by atoms with Crippen molar-refractivity contribution in [2.45, 2.75) is 71.4 Å². The molecule has 0 radical (unpaired) electrons. The Morgan fingerprint density at radius 1 is 1.24 bits per heavy atom. The maximum Gasteiger partial charge on any atom is 0.225 e. The van der Waals surface area contributed by atoms with E-state index in [0.717, 1.165) is 82.3 Å². The van der Waals surface area contributed by atoms with Crippen molar-refractivity contribution in [3.63, 3.8) is 0 Å². The van der Waals surface area contributed by atoms with Crippen molar-refractivity contribution in [3.05, 3.63) is 23.8 Å². The number of hydrogen-bond donors (Lipinski definition) is 4. The number of ether oxygens (including phenoxy) is 2. The van der Waals surface area contributed by atoms with Crippen molar-refractivity contribution in [2.24, 2.45) is 11.3 Å². The molecule has 0 aromatic heterocycles. The molecule has 4 rings (SSSR count). The van der Waals surface area contributed by atoms with E-state index >= 15 is 0 Å². The van der Waals surface area contributed by atoms with Crippen molar-refractivity contribution < 1.29 is 19.4 Å². The summed E-state index contributed by atoms with van der Waals surface area (Å²) in [4.78, 5) is 14.7. The van der Waals surface area contributed by atoms with Gasteiger partial charge in [-0.3, -0.25) is 4.79 Å².